The van der Waals surface area contributed by atoms with E-state index >= 15 is 0 Å². The number of hydrogen-bond donors (Lipinski definition) is 3. The van der Waals surface area contributed by atoms with Crippen LogP contribution >= 0.6 is 0 Å². The lowest BCUT2D eigenvalue weighted by Crippen LogP contribution is -2.41. The Morgan fingerprint density at radius 1 is 1.00 bits per heavy atom. The fraction of sp³-hybridized carbons (Fsp3) is 0.391. The van der Waals surface area contributed by atoms with Crippen molar-refractivity contribution in [3.05, 3.63) is 53.7 Å². The highest BCUT2D eigenvalue weighted by molar-refractivity contribution is 5.96. The molecule has 8 heteroatoms. The van der Waals surface area contributed by atoms with Gasteiger partial charge in [0.25, 0.3) is 5.91 Å². The zero-order valence-electron chi connectivity index (χ0n) is 18.1. The van der Waals surface area contributed by atoms with Gasteiger partial charge < -0.3 is 20.9 Å². The summed E-state index contributed by atoms with van der Waals surface area (Å²) in [4.78, 5) is 43.0. The molecule has 4 amide bonds. The predicted octanol–water partition coefficient (Wildman–Crippen LogP) is 3.41. The van der Waals surface area contributed by atoms with Crippen molar-refractivity contribution in [1.29, 1.82) is 0 Å². The Hall–Kier alpha value is -3.42. The summed E-state index contributed by atoms with van der Waals surface area (Å²) in [5.74, 6) is 0.277. The molecule has 1 aromatic heterocycles. The van der Waals surface area contributed by atoms with Crippen LogP contribution in [0.15, 0.2) is 42.6 Å². The third-order valence-electron chi connectivity index (χ3n) is 5.13. The van der Waals surface area contributed by atoms with E-state index in [1.165, 1.54) is 0 Å². The number of aryl methyl sites for hydroxylation is 1. The first-order valence-corrected chi connectivity index (χ1v) is 10.5. The lowest BCUT2D eigenvalue weighted by atomic mass is 9.95. The van der Waals surface area contributed by atoms with Crippen LogP contribution in [0.25, 0.3) is 0 Å². The molecule has 0 unspecified atom stereocenters. The molecule has 2 aromatic rings. The van der Waals surface area contributed by atoms with Gasteiger partial charge in [0.05, 0.1) is 0 Å². The van der Waals surface area contributed by atoms with Gasteiger partial charge in [0, 0.05) is 42.5 Å². The first-order valence-electron chi connectivity index (χ1n) is 10.5. The Kier molecular flexibility index (Phi) is 7.23. The molecule has 0 bridgehead atoms. The van der Waals surface area contributed by atoms with Crippen LogP contribution in [-0.4, -0.2) is 46.9 Å². The minimum absolute atomic E-state index is 0.0408. The number of amides is 4. The first kappa shape index (κ1) is 22.3. The molecule has 1 aliphatic rings. The van der Waals surface area contributed by atoms with Crippen LogP contribution < -0.4 is 16.0 Å². The number of aromatic nitrogens is 1. The van der Waals surface area contributed by atoms with Gasteiger partial charge in [0.1, 0.15) is 5.82 Å². The molecule has 1 fully saturated rings. The number of carbonyl (C=O) groups excluding carboxylic acids is 3. The number of rotatable bonds is 5. The number of likely N-dealkylation sites (tertiary alicyclic amines) is 1. The molecule has 31 heavy (non-hydrogen) atoms. The topological polar surface area (TPSA) is 103 Å². The van der Waals surface area contributed by atoms with Gasteiger partial charge in [0.2, 0.25) is 5.91 Å². The number of benzene rings is 1. The number of urea groups is 1. The molecule has 1 saturated heterocycles. The Bertz CT molecular complexity index is 917. The molecule has 3 N–H and O–H groups in total. The Morgan fingerprint density at radius 3 is 2.26 bits per heavy atom. The van der Waals surface area contributed by atoms with Gasteiger partial charge in [-0.2, -0.15) is 0 Å². The number of pyridine rings is 1. The highest BCUT2D eigenvalue weighted by Gasteiger charge is 2.28. The van der Waals surface area contributed by atoms with Crippen LogP contribution in [0.1, 0.15) is 42.6 Å². The summed E-state index contributed by atoms with van der Waals surface area (Å²) >= 11 is 0. The summed E-state index contributed by atoms with van der Waals surface area (Å²) in [5.41, 5.74) is 2.21. The number of piperidine rings is 1. The molecule has 1 aliphatic heterocycles. The largest absolute Gasteiger partial charge is 0.339 e. The van der Waals surface area contributed by atoms with Gasteiger partial charge in [-0.25, -0.2) is 9.78 Å². The standard InChI is InChI=1S/C23H29N5O3/c1-15(2)25-23(31)26-19-7-5-18(6-8-19)22(30)28-12-10-17(11-13-28)21(29)27-20-9-4-16(3)14-24-20/h4-9,14-15,17H,10-13H2,1-3H3,(H,24,27,29)(H2,25,26,31). The molecule has 8 nitrogen and oxygen atoms in total. The molecule has 2 heterocycles. The lowest BCUT2D eigenvalue weighted by molar-refractivity contribution is -0.121. The van der Waals surface area contributed by atoms with E-state index in [1.54, 1.807) is 41.4 Å². The van der Waals surface area contributed by atoms with Crippen molar-refractivity contribution < 1.29 is 14.4 Å². The van der Waals surface area contributed by atoms with E-state index in [9.17, 15) is 14.4 Å². The van der Waals surface area contributed by atoms with Gasteiger partial charge in [0.15, 0.2) is 0 Å². The highest BCUT2D eigenvalue weighted by Crippen LogP contribution is 2.21. The summed E-state index contributed by atoms with van der Waals surface area (Å²) in [6, 6.07) is 10.3. The minimum Gasteiger partial charge on any atom is -0.339 e. The van der Waals surface area contributed by atoms with Gasteiger partial charge in [-0.15, -0.1) is 0 Å². The molecule has 0 aliphatic carbocycles. The number of hydrogen-bond acceptors (Lipinski definition) is 4. The summed E-state index contributed by atoms with van der Waals surface area (Å²) in [6.07, 6.45) is 2.94. The van der Waals surface area contributed by atoms with Gasteiger partial charge in [-0.3, -0.25) is 9.59 Å². The summed E-state index contributed by atoms with van der Waals surface area (Å²) in [5, 5.41) is 8.34. The van der Waals surface area contributed by atoms with Crippen LogP contribution in [0.2, 0.25) is 0 Å². The normalized spacial score (nSPS) is 14.3. The third-order valence-corrected chi connectivity index (χ3v) is 5.13. The van der Waals surface area contributed by atoms with Crippen LogP contribution in [0.4, 0.5) is 16.3 Å². The number of anilines is 2. The van der Waals surface area contributed by atoms with Crippen LogP contribution in [0, 0.1) is 12.8 Å². The van der Waals surface area contributed by atoms with Gasteiger partial charge in [-0.1, -0.05) is 6.07 Å². The zero-order chi connectivity index (χ0) is 22.4. The van der Waals surface area contributed by atoms with Crippen molar-refractivity contribution in [2.24, 2.45) is 5.92 Å². The molecule has 0 saturated carbocycles. The number of carbonyl (C=O) groups is 3. The summed E-state index contributed by atoms with van der Waals surface area (Å²) < 4.78 is 0. The fourth-order valence-electron chi connectivity index (χ4n) is 3.42. The maximum Gasteiger partial charge on any atom is 0.319 e. The van der Waals surface area contributed by atoms with Crippen molar-refractivity contribution in [2.75, 3.05) is 23.7 Å². The molecule has 164 valence electrons. The van der Waals surface area contributed by atoms with Crippen molar-refractivity contribution in [2.45, 2.75) is 39.7 Å². The van der Waals surface area contributed by atoms with E-state index in [0.717, 1.165) is 5.56 Å². The van der Waals surface area contributed by atoms with E-state index in [0.29, 0.717) is 43.0 Å². The zero-order valence-corrected chi connectivity index (χ0v) is 18.1. The highest BCUT2D eigenvalue weighted by atomic mass is 16.2. The molecule has 3 rings (SSSR count). The van der Waals surface area contributed by atoms with Crippen LogP contribution in [0.5, 0.6) is 0 Å². The van der Waals surface area contributed by atoms with Crippen LogP contribution in [0.3, 0.4) is 0 Å². The maximum atomic E-state index is 12.8. The minimum atomic E-state index is -0.282. The molecular weight excluding hydrogens is 394 g/mol. The second-order valence-electron chi connectivity index (χ2n) is 8.11. The lowest BCUT2D eigenvalue weighted by Gasteiger charge is -2.31. The molecule has 1 aromatic carbocycles. The SMILES string of the molecule is Cc1ccc(NC(=O)C2CCN(C(=O)c3ccc(NC(=O)NC(C)C)cc3)CC2)nc1. The summed E-state index contributed by atoms with van der Waals surface area (Å²) in [6.45, 7) is 6.75. The van der Waals surface area contributed by atoms with E-state index < -0.39 is 0 Å². The van der Waals surface area contributed by atoms with E-state index in [-0.39, 0.29) is 29.8 Å². The quantitative estimate of drug-likeness (QED) is 0.686. The van der Waals surface area contributed by atoms with Crippen LogP contribution in [-0.2, 0) is 4.79 Å². The monoisotopic (exact) mass is 423 g/mol. The molecule has 0 spiro atoms. The van der Waals surface area contributed by atoms with Crippen molar-refractivity contribution in [3.8, 4) is 0 Å². The smallest absolute Gasteiger partial charge is 0.319 e. The van der Waals surface area contributed by atoms with Crippen molar-refractivity contribution >= 4 is 29.4 Å². The van der Waals surface area contributed by atoms with Crippen molar-refractivity contribution in [3.63, 3.8) is 0 Å². The fourth-order valence-corrected chi connectivity index (χ4v) is 3.42. The Balaban J connectivity index is 1.49. The molecule has 0 atom stereocenters. The average molecular weight is 424 g/mol. The molecular formula is C23H29N5O3. The Labute approximate surface area is 182 Å². The Morgan fingerprint density at radius 2 is 1.68 bits per heavy atom. The molecule has 0 radical (unpaired) electrons. The van der Waals surface area contributed by atoms with E-state index in [2.05, 4.69) is 20.9 Å². The first-order chi connectivity index (χ1) is 14.8. The van der Waals surface area contributed by atoms with Crippen molar-refractivity contribution in [1.82, 2.24) is 15.2 Å². The summed E-state index contributed by atoms with van der Waals surface area (Å²) in [7, 11) is 0. The number of nitrogens with zero attached hydrogens (tertiary/aromatic N) is 2. The predicted molar refractivity (Wildman–Crippen MR) is 120 cm³/mol. The average Bonchev–Trinajstić information content (AvgIpc) is 2.75. The second kappa shape index (κ2) is 10.1. The third kappa shape index (κ3) is 6.28. The maximum absolute atomic E-state index is 12.8. The second-order valence-corrected chi connectivity index (χ2v) is 8.11. The van der Waals surface area contributed by atoms with E-state index in [4.69, 9.17) is 0 Å². The van der Waals surface area contributed by atoms with Gasteiger partial charge in [-0.05, 0) is 69.5 Å². The van der Waals surface area contributed by atoms with E-state index in [1.807, 2.05) is 26.8 Å². The van der Waals surface area contributed by atoms with Gasteiger partial charge >= 0.3 is 6.03 Å². The number of nitrogens with one attached hydrogen (secondary N) is 3.